The fourth-order valence-electron chi connectivity index (χ4n) is 1.77. The first kappa shape index (κ1) is 14.4. The zero-order valence-corrected chi connectivity index (χ0v) is 12.4. The molecule has 104 valence electrons. The van der Waals surface area contributed by atoms with Crippen LogP contribution >= 0.6 is 15.9 Å². The Morgan fingerprint density at radius 1 is 1.40 bits per heavy atom. The van der Waals surface area contributed by atoms with E-state index >= 15 is 0 Å². The summed E-state index contributed by atoms with van der Waals surface area (Å²) < 4.78 is 0.839. The highest BCUT2D eigenvalue weighted by molar-refractivity contribution is 9.10. The molecule has 0 aliphatic heterocycles. The van der Waals surface area contributed by atoms with Gasteiger partial charge in [0.25, 0.3) is 0 Å². The summed E-state index contributed by atoms with van der Waals surface area (Å²) in [7, 11) is 0. The highest BCUT2D eigenvalue weighted by Crippen LogP contribution is 2.33. The van der Waals surface area contributed by atoms with Gasteiger partial charge in [-0.15, -0.1) is 0 Å². The molecule has 0 amide bonds. The van der Waals surface area contributed by atoms with Crippen molar-refractivity contribution in [1.82, 2.24) is 9.97 Å². The molecular formula is C13H13BrN4O2. The van der Waals surface area contributed by atoms with Crippen molar-refractivity contribution >= 4 is 27.4 Å². The second-order valence-electron chi connectivity index (χ2n) is 4.11. The number of aromatic nitrogens is 2. The van der Waals surface area contributed by atoms with Gasteiger partial charge in [0.1, 0.15) is 6.33 Å². The first-order valence-corrected chi connectivity index (χ1v) is 6.92. The Balaban J connectivity index is 2.55. The molecule has 0 aliphatic rings. The Labute approximate surface area is 124 Å². The number of nitro groups is 1. The van der Waals surface area contributed by atoms with Crippen LogP contribution in [-0.4, -0.2) is 21.4 Å². The number of hydrogen-bond acceptors (Lipinski definition) is 5. The van der Waals surface area contributed by atoms with Crippen molar-refractivity contribution in [3.8, 4) is 11.3 Å². The molecule has 0 fully saturated rings. The lowest BCUT2D eigenvalue weighted by atomic mass is 10.1. The zero-order valence-electron chi connectivity index (χ0n) is 10.8. The molecule has 0 saturated carbocycles. The third-order valence-corrected chi connectivity index (χ3v) is 3.14. The molecule has 20 heavy (non-hydrogen) atoms. The van der Waals surface area contributed by atoms with Crippen LogP contribution in [0.1, 0.15) is 13.3 Å². The van der Waals surface area contributed by atoms with Crippen LogP contribution in [0.2, 0.25) is 0 Å². The van der Waals surface area contributed by atoms with E-state index in [4.69, 9.17) is 0 Å². The normalized spacial score (nSPS) is 10.3. The molecule has 1 N–H and O–H groups in total. The predicted molar refractivity (Wildman–Crippen MR) is 80.6 cm³/mol. The lowest BCUT2D eigenvalue weighted by Gasteiger charge is -2.08. The molecule has 1 heterocycles. The molecule has 0 bridgehead atoms. The Morgan fingerprint density at radius 2 is 2.20 bits per heavy atom. The molecule has 1 aromatic heterocycles. The Hall–Kier alpha value is -2.02. The van der Waals surface area contributed by atoms with Gasteiger partial charge in [0.05, 0.1) is 4.92 Å². The van der Waals surface area contributed by atoms with Crippen molar-refractivity contribution in [3.63, 3.8) is 0 Å². The van der Waals surface area contributed by atoms with Gasteiger partial charge in [-0.3, -0.25) is 10.1 Å². The molecule has 0 radical (unpaired) electrons. The van der Waals surface area contributed by atoms with E-state index in [1.807, 2.05) is 19.1 Å². The number of nitrogens with zero attached hydrogens (tertiary/aromatic N) is 3. The SMILES string of the molecule is CCCNc1ncnc(-c2cccc(Br)c2)c1[N+](=O)[O-]. The number of hydrogen-bond donors (Lipinski definition) is 1. The van der Waals surface area contributed by atoms with E-state index in [0.717, 1.165) is 10.9 Å². The maximum atomic E-state index is 11.3. The van der Waals surface area contributed by atoms with Crippen molar-refractivity contribution in [2.24, 2.45) is 0 Å². The van der Waals surface area contributed by atoms with Crippen LogP contribution in [0.15, 0.2) is 35.1 Å². The third kappa shape index (κ3) is 3.11. The van der Waals surface area contributed by atoms with Gasteiger partial charge in [0.2, 0.25) is 5.82 Å². The zero-order chi connectivity index (χ0) is 14.5. The topological polar surface area (TPSA) is 81.0 Å². The summed E-state index contributed by atoms with van der Waals surface area (Å²) in [4.78, 5) is 18.9. The monoisotopic (exact) mass is 336 g/mol. The van der Waals surface area contributed by atoms with Gasteiger partial charge in [0, 0.05) is 16.6 Å². The minimum atomic E-state index is -0.450. The predicted octanol–water partition coefficient (Wildman–Crippen LogP) is 3.64. The summed E-state index contributed by atoms with van der Waals surface area (Å²) in [6, 6.07) is 7.24. The van der Waals surface area contributed by atoms with Crippen molar-refractivity contribution in [2.75, 3.05) is 11.9 Å². The molecule has 7 heteroatoms. The minimum Gasteiger partial charge on any atom is -0.364 e. The summed E-state index contributed by atoms with van der Waals surface area (Å²) in [6.07, 6.45) is 2.19. The van der Waals surface area contributed by atoms with Crippen LogP contribution in [0, 0.1) is 10.1 Å². The van der Waals surface area contributed by atoms with Crippen LogP contribution in [0.3, 0.4) is 0 Å². The smallest absolute Gasteiger partial charge is 0.337 e. The van der Waals surface area contributed by atoms with Gasteiger partial charge in [-0.2, -0.15) is 0 Å². The van der Waals surface area contributed by atoms with Crippen LogP contribution in [0.4, 0.5) is 11.5 Å². The first-order chi connectivity index (χ1) is 9.63. The van der Waals surface area contributed by atoms with Crippen LogP contribution < -0.4 is 5.32 Å². The van der Waals surface area contributed by atoms with Crippen molar-refractivity contribution < 1.29 is 4.92 Å². The van der Waals surface area contributed by atoms with Gasteiger partial charge < -0.3 is 5.32 Å². The molecule has 0 atom stereocenters. The standard InChI is InChI=1S/C13H13BrN4O2/c1-2-6-15-13-12(18(19)20)11(16-8-17-13)9-4-3-5-10(14)7-9/h3-5,7-8H,2,6H2,1H3,(H,15,16,17). The molecule has 0 spiro atoms. The number of halogens is 1. The highest BCUT2D eigenvalue weighted by Gasteiger charge is 2.23. The summed E-state index contributed by atoms with van der Waals surface area (Å²) >= 11 is 3.35. The second-order valence-corrected chi connectivity index (χ2v) is 5.03. The molecule has 6 nitrogen and oxygen atoms in total. The summed E-state index contributed by atoms with van der Waals surface area (Å²) in [5, 5.41) is 14.3. The van der Waals surface area contributed by atoms with E-state index in [1.54, 1.807) is 12.1 Å². The van der Waals surface area contributed by atoms with E-state index in [2.05, 4.69) is 31.2 Å². The Morgan fingerprint density at radius 3 is 2.85 bits per heavy atom. The van der Waals surface area contributed by atoms with Crippen molar-refractivity contribution in [1.29, 1.82) is 0 Å². The number of rotatable bonds is 5. The fourth-order valence-corrected chi connectivity index (χ4v) is 2.17. The van der Waals surface area contributed by atoms with Crippen LogP contribution in [0.5, 0.6) is 0 Å². The minimum absolute atomic E-state index is 0.0981. The van der Waals surface area contributed by atoms with E-state index < -0.39 is 4.92 Å². The molecule has 2 rings (SSSR count). The van der Waals surface area contributed by atoms with Crippen molar-refractivity contribution in [3.05, 3.63) is 45.2 Å². The summed E-state index contributed by atoms with van der Waals surface area (Å²) in [5.41, 5.74) is 0.886. The van der Waals surface area contributed by atoms with Gasteiger partial charge in [0.15, 0.2) is 5.69 Å². The third-order valence-electron chi connectivity index (χ3n) is 2.65. The second kappa shape index (κ2) is 6.42. The number of nitrogens with one attached hydrogen (secondary N) is 1. The summed E-state index contributed by atoms with van der Waals surface area (Å²) in [6.45, 7) is 2.60. The maximum absolute atomic E-state index is 11.3. The lowest BCUT2D eigenvalue weighted by Crippen LogP contribution is -2.07. The Bertz CT molecular complexity index is 634. The average molecular weight is 337 g/mol. The average Bonchev–Trinajstić information content (AvgIpc) is 2.44. The summed E-state index contributed by atoms with van der Waals surface area (Å²) in [5.74, 6) is 0.252. The van der Waals surface area contributed by atoms with E-state index in [-0.39, 0.29) is 11.5 Å². The van der Waals surface area contributed by atoms with E-state index in [0.29, 0.717) is 17.8 Å². The fraction of sp³-hybridized carbons (Fsp3) is 0.231. The molecular weight excluding hydrogens is 324 g/mol. The van der Waals surface area contributed by atoms with Gasteiger partial charge in [-0.05, 0) is 18.6 Å². The lowest BCUT2D eigenvalue weighted by molar-refractivity contribution is -0.383. The van der Waals surface area contributed by atoms with Gasteiger partial charge in [-0.1, -0.05) is 35.0 Å². The van der Waals surface area contributed by atoms with E-state index in [1.165, 1.54) is 6.33 Å². The quantitative estimate of drug-likeness (QED) is 0.665. The molecule has 2 aromatic rings. The molecule has 1 aromatic carbocycles. The largest absolute Gasteiger partial charge is 0.364 e. The van der Waals surface area contributed by atoms with Crippen molar-refractivity contribution in [2.45, 2.75) is 13.3 Å². The van der Waals surface area contributed by atoms with E-state index in [9.17, 15) is 10.1 Å². The first-order valence-electron chi connectivity index (χ1n) is 6.12. The number of anilines is 1. The highest BCUT2D eigenvalue weighted by atomic mass is 79.9. The molecule has 0 unspecified atom stereocenters. The van der Waals surface area contributed by atoms with Crippen LogP contribution in [-0.2, 0) is 0 Å². The molecule has 0 aliphatic carbocycles. The van der Waals surface area contributed by atoms with Crippen LogP contribution in [0.25, 0.3) is 11.3 Å². The maximum Gasteiger partial charge on any atom is 0.337 e. The van der Waals surface area contributed by atoms with Gasteiger partial charge >= 0.3 is 5.69 Å². The molecule has 0 saturated heterocycles. The van der Waals surface area contributed by atoms with Gasteiger partial charge in [-0.25, -0.2) is 9.97 Å². The number of benzene rings is 1. The Kier molecular flexibility index (Phi) is 4.62.